The van der Waals surface area contributed by atoms with Crippen LogP contribution < -0.4 is 5.32 Å². The third-order valence-corrected chi connectivity index (χ3v) is 4.28. The Labute approximate surface area is 118 Å². The van der Waals surface area contributed by atoms with E-state index in [9.17, 15) is 13.2 Å². The van der Waals surface area contributed by atoms with Gasteiger partial charge in [0.1, 0.15) is 0 Å². The van der Waals surface area contributed by atoms with E-state index in [4.69, 9.17) is 11.6 Å². The number of carbonyl (C=O) groups is 1. The number of anilines is 1. The number of aromatic nitrogens is 2. The number of sulfone groups is 1. The summed E-state index contributed by atoms with van der Waals surface area (Å²) in [4.78, 5) is 11.9. The molecule has 19 heavy (non-hydrogen) atoms. The van der Waals surface area contributed by atoms with Crippen molar-refractivity contribution in [3.05, 3.63) is 33.7 Å². The molecule has 0 spiro atoms. The van der Waals surface area contributed by atoms with Gasteiger partial charge in [0.05, 0.1) is 4.90 Å². The summed E-state index contributed by atoms with van der Waals surface area (Å²) in [5, 5.41) is 9.82. The Hall–Kier alpha value is -1.51. The topological polar surface area (TPSA) is 89.0 Å². The van der Waals surface area contributed by atoms with Gasteiger partial charge in [0.2, 0.25) is 9.47 Å². The van der Waals surface area contributed by atoms with Crippen LogP contribution in [0.5, 0.6) is 0 Å². The Balaban J connectivity index is 2.14. The van der Waals surface area contributed by atoms with Crippen molar-refractivity contribution < 1.29 is 13.2 Å². The lowest BCUT2D eigenvalue weighted by molar-refractivity contribution is 0.102. The zero-order chi connectivity index (χ0) is 14.0. The number of amides is 1. The van der Waals surface area contributed by atoms with Crippen LogP contribution in [-0.4, -0.2) is 30.8 Å². The third-order valence-electron chi connectivity index (χ3n) is 2.13. The summed E-state index contributed by atoms with van der Waals surface area (Å²) in [5.41, 5.74) is 0.462. The largest absolute Gasteiger partial charge is 0.320 e. The molecule has 0 aliphatic rings. The Bertz CT molecular complexity index is 710. The Morgan fingerprint density at radius 1 is 1.26 bits per heavy atom. The molecule has 1 amide bonds. The Kier molecular flexibility index (Phi) is 3.83. The van der Waals surface area contributed by atoms with Crippen molar-refractivity contribution in [3.8, 4) is 0 Å². The number of carbonyl (C=O) groups excluding carboxylic acids is 1. The van der Waals surface area contributed by atoms with Crippen LogP contribution in [0.1, 0.15) is 9.80 Å². The number of halogens is 1. The summed E-state index contributed by atoms with van der Waals surface area (Å²) < 4.78 is 22.7. The van der Waals surface area contributed by atoms with Crippen molar-refractivity contribution in [1.82, 2.24) is 10.2 Å². The molecule has 0 aliphatic carbocycles. The Morgan fingerprint density at radius 2 is 1.89 bits per heavy atom. The Morgan fingerprint density at radius 3 is 2.37 bits per heavy atom. The number of hydrogen-bond acceptors (Lipinski definition) is 6. The van der Waals surface area contributed by atoms with E-state index in [1.54, 1.807) is 0 Å². The quantitative estimate of drug-likeness (QED) is 0.933. The highest BCUT2D eigenvalue weighted by molar-refractivity contribution is 7.90. The predicted octanol–water partition coefficient (Wildman–Crippen LogP) is 1.85. The van der Waals surface area contributed by atoms with Crippen LogP contribution in [0.15, 0.2) is 29.2 Å². The van der Waals surface area contributed by atoms with Crippen molar-refractivity contribution in [2.45, 2.75) is 4.90 Å². The van der Waals surface area contributed by atoms with Crippen LogP contribution in [0.4, 0.5) is 5.69 Å². The normalized spacial score (nSPS) is 11.3. The molecule has 9 heteroatoms. The molecule has 2 aromatic rings. The van der Waals surface area contributed by atoms with Gasteiger partial charge in [-0.1, -0.05) is 11.3 Å². The van der Waals surface area contributed by atoms with Gasteiger partial charge in [0.15, 0.2) is 9.84 Å². The van der Waals surface area contributed by atoms with Crippen LogP contribution >= 0.6 is 22.9 Å². The molecule has 0 aliphatic heterocycles. The molecule has 1 aromatic heterocycles. The summed E-state index contributed by atoms with van der Waals surface area (Å²) in [5.74, 6) is -0.448. The minimum atomic E-state index is -3.25. The van der Waals surface area contributed by atoms with Crippen molar-refractivity contribution in [1.29, 1.82) is 0 Å². The molecule has 0 saturated heterocycles. The third kappa shape index (κ3) is 3.49. The van der Waals surface area contributed by atoms with E-state index in [2.05, 4.69) is 15.5 Å². The van der Waals surface area contributed by atoms with E-state index >= 15 is 0 Å². The second kappa shape index (κ2) is 5.24. The van der Waals surface area contributed by atoms with E-state index in [-0.39, 0.29) is 14.4 Å². The summed E-state index contributed by atoms with van der Waals surface area (Å²) in [6, 6.07) is 5.82. The molecule has 1 aromatic carbocycles. The molecule has 0 atom stereocenters. The van der Waals surface area contributed by atoms with Gasteiger partial charge in [0, 0.05) is 11.9 Å². The van der Waals surface area contributed by atoms with Gasteiger partial charge in [-0.3, -0.25) is 4.79 Å². The average molecular weight is 318 g/mol. The number of nitrogens with one attached hydrogen (secondary N) is 1. The van der Waals surface area contributed by atoms with Gasteiger partial charge in [-0.15, -0.1) is 10.2 Å². The number of rotatable bonds is 3. The minimum Gasteiger partial charge on any atom is -0.320 e. The molecule has 1 N–H and O–H groups in total. The van der Waals surface area contributed by atoms with E-state index in [0.29, 0.717) is 5.69 Å². The van der Waals surface area contributed by atoms with Crippen molar-refractivity contribution >= 4 is 44.4 Å². The standard InChI is InChI=1S/C10H8ClN3O3S2/c1-19(16,17)7-4-2-6(3-5-7)12-8(15)9-13-14-10(11)18-9/h2-5H,1H3,(H,12,15). The number of hydrogen-bond donors (Lipinski definition) is 1. The maximum atomic E-state index is 11.7. The van der Waals surface area contributed by atoms with Gasteiger partial charge in [-0.2, -0.15) is 0 Å². The van der Waals surface area contributed by atoms with E-state index in [1.165, 1.54) is 24.3 Å². The highest BCUT2D eigenvalue weighted by Crippen LogP contribution is 2.18. The summed E-state index contributed by atoms with van der Waals surface area (Å²) >= 11 is 6.53. The summed E-state index contributed by atoms with van der Waals surface area (Å²) in [6.07, 6.45) is 1.11. The molecular formula is C10H8ClN3O3S2. The molecule has 0 radical (unpaired) electrons. The first-order chi connectivity index (χ1) is 8.86. The lowest BCUT2D eigenvalue weighted by Gasteiger charge is -2.03. The van der Waals surface area contributed by atoms with Crippen molar-refractivity contribution in [2.75, 3.05) is 11.6 Å². The molecule has 0 fully saturated rings. The van der Waals surface area contributed by atoms with E-state index < -0.39 is 15.7 Å². The van der Waals surface area contributed by atoms with E-state index in [1.807, 2.05) is 0 Å². The second-order valence-corrected chi connectivity index (χ2v) is 7.19. The highest BCUT2D eigenvalue weighted by atomic mass is 35.5. The lowest BCUT2D eigenvalue weighted by Crippen LogP contribution is -2.11. The molecule has 1 heterocycles. The second-order valence-electron chi connectivity index (χ2n) is 3.61. The van der Waals surface area contributed by atoms with Crippen LogP contribution in [0.25, 0.3) is 0 Å². The molecule has 2 rings (SSSR count). The number of benzene rings is 1. The predicted molar refractivity (Wildman–Crippen MR) is 72.4 cm³/mol. The van der Waals surface area contributed by atoms with Gasteiger partial charge < -0.3 is 5.32 Å². The van der Waals surface area contributed by atoms with Gasteiger partial charge >= 0.3 is 0 Å². The van der Waals surface area contributed by atoms with Crippen LogP contribution in [0.3, 0.4) is 0 Å². The van der Waals surface area contributed by atoms with E-state index in [0.717, 1.165) is 17.6 Å². The molecule has 0 saturated carbocycles. The van der Waals surface area contributed by atoms with Crippen LogP contribution in [0.2, 0.25) is 4.47 Å². The first-order valence-electron chi connectivity index (χ1n) is 4.97. The van der Waals surface area contributed by atoms with Crippen LogP contribution in [0, 0.1) is 0 Å². The zero-order valence-corrected chi connectivity index (χ0v) is 12.0. The monoisotopic (exact) mass is 317 g/mol. The first-order valence-corrected chi connectivity index (χ1v) is 8.05. The molecule has 100 valence electrons. The summed E-state index contributed by atoms with van der Waals surface area (Å²) in [6.45, 7) is 0. The lowest BCUT2D eigenvalue weighted by atomic mass is 10.3. The SMILES string of the molecule is CS(=O)(=O)c1ccc(NC(=O)c2nnc(Cl)s2)cc1. The molecule has 6 nitrogen and oxygen atoms in total. The molecule has 0 bridgehead atoms. The fourth-order valence-corrected chi connectivity index (χ4v) is 2.62. The maximum absolute atomic E-state index is 11.7. The molecular weight excluding hydrogens is 310 g/mol. The first kappa shape index (κ1) is 13.9. The average Bonchev–Trinajstić information content (AvgIpc) is 2.75. The summed E-state index contributed by atoms with van der Waals surface area (Å²) in [7, 11) is -3.25. The number of nitrogens with zero attached hydrogens (tertiary/aromatic N) is 2. The highest BCUT2D eigenvalue weighted by Gasteiger charge is 2.13. The fourth-order valence-electron chi connectivity index (χ4n) is 1.27. The van der Waals surface area contributed by atoms with Gasteiger partial charge in [-0.05, 0) is 35.9 Å². The minimum absolute atomic E-state index is 0.136. The van der Waals surface area contributed by atoms with Crippen molar-refractivity contribution in [3.63, 3.8) is 0 Å². The molecule has 0 unspecified atom stereocenters. The van der Waals surface area contributed by atoms with Gasteiger partial charge in [-0.25, -0.2) is 8.42 Å². The fraction of sp³-hybridized carbons (Fsp3) is 0.100. The van der Waals surface area contributed by atoms with Gasteiger partial charge in [0.25, 0.3) is 5.91 Å². The smallest absolute Gasteiger partial charge is 0.286 e. The van der Waals surface area contributed by atoms with Crippen LogP contribution in [-0.2, 0) is 9.84 Å². The zero-order valence-electron chi connectivity index (χ0n) is 9.62. The van der Waals surface area contributed by atoms with Crippen molar-refractivity contribution in [2.24, 2.45) is 0 Å². The maximum Gasteiger partial charge on any atom is 0.286 e.